The summed E-state index contributed by atoms with van der Waals surface area (Å²) in [5.41, 5.74) is 0.947. The normalized spacial score (nSPS) is 36.2. The minimum atomic E-state index is -3.35. The highest BCUT2D eigenvalue weighted by molar-refractivity contribution is 7.89. The van der Waals surface area contributed by atoms with Crippen LogP contribution in [0.25, 0.3) is 0 Å². The molecule has 2 N–H and O–H groups in total. The molecule has 0 spiro atoms. The van der Waals surface area contributed by atoms with Crippen molar-refractivity contribution in [3.8, 4) is 0 Å². The molecule has 0 aromatic carbocycles. The summed E-state index contributed by atoms with van der Waals surface area (Å²) in [7, 11) is -1.83. The maximum absolute atomic E-state index is 11.7. The van der Waals surface area contributed by atoms with Crippen molar-refractivity contribution in [1.29, 1.82) is 0 Å². The minimum absolute atomic E-state index is 0.0694. The van der Waals surface area contributed by atoms with Crippen molar-refractivity contribution in [2.24, 2.45) is 5.92 Å². The molecule has 0 saturated carbocycles. The lowest BCUT2D eigenvalue weighted by atomic mass is 9.97. The second-order valence-electron chi connectivity index (χ2n) is 5.21. The quantitative estimate of drug-likeness (QED) is 0.686. The maximum atomic E-state index is 11.7. The molecular formula is C14H25NO5S. The van der Waals surface area contributed by atoms with E-state index in [-0.39, 0.29) is 24.8 Å². The number of methoxy groups -OCH3 is 1. The zero-order valence-corrected chi connectivity index (χ0v) is 13.6. The molecule has 0 aromatic rings. The fourth-order valence-corrected chi connectivity index (χ4v) is 2.91. The SMILES string of the molecule is CO[C@H]1/C=C/CNS(=O)(=O)CCOC/C(C)=C\[C@@H](C)[C@@H]1O. The molecule has 1 heterocycles. The Labute approximate surface area is 126 Å². The third-order valence-electron chi connectivity index (χ3n) is 3.27. The van der Waals surface area contributed by atoms with Crippen molar-refractivity contribution in [3.05, 3.63) is 23.8 Å². The lowest BCUT2D eigenvalue weighted by Gasteiger charge is -2.23. The van der Waals surface area contributed by atoms with Crippen molar-refractivity contribution < 1.29 is 23.0 Å². The first-order valence-electron chi connectivity index (χ1n) is 6.95. The molecule has 0 aliphatic carbocycles. The lowest BCUT2D eigenvalue weighted by molar-refractivity contribution is -0.00196. The second kappa shape index (κ2) is 8.65. The molecule has 7 heteroatoms. The monoisotopic (exact) mass is 319 g/mol. The molecule has 0 fully saturated rings. The Morgan fingerprint density at radius 1 is 1.48 bits per heavy atom. The molecule has 122 valence electrons. The van der Waals surface area contributed by atoms with Gasteiger partial charge in [-0.15, -0.1) is 0 Å². The Kier molecular flexibility index (Phi) is 7.55. The molecule has 1 rings (SSSR count). The molecule has 0 bridgehead atoms. The Morgan fingerprint density at radius 3 is 2.86 bits per heavy atom. The van der Waals surface area contributed by atoms with Gasteiger partial charge in [0.1, 0.15) is 6.10 Å². The molecule has 0 saturated heterocycles. The standard InChI is InChI=1S/C14H25NO5S/c1-11-9-12(2)14(16)13(19-3)5-4-6-15-21(17,18)8-7-20-10-11/h4-5,9,12-16H,6-8,10H2,1-3H3/b5-4+,11-9-/t12-,13+,14+/m1/s1. The molecular weight excluding hydrogens is 294 g/mol. The number of hydrogen-bond donors (Lipinski definition) is 2. The van der Waals surface area contributed by atoms with E-state index in [1.807, 2.05) is 19.9 Å². The Bertz CT molecular complexity index is 472. The lowest BCUT2D eigenvalue weighted by Crippen LogP contribution is -2.33. The van der Waals surface area contributed by atoms with E-state index < -0.39 is 22.2 Å². The van der Waals surface area contributed by atoms with Gasteiger partial charge in [-0.2, -0.15) is 0 Å². The van der Waals surface area contributed by atoms with Crippen molar-refractivity contribution in [2.45, 2.75) is 26.1 Å². The van der Waals surface area contributed by atoms with Crippen LogP contribution in [0.1, 0.15) is 13.8 Å². The highest BCUT2D eigenvalue weighted by Gasteiger charge is 2.21. The van der Waals surface area contributed by atoms with Gasteiger partial charge >= 0.3 is 0 Å². The topological polar surface area (TPSA) is 84.9 Å². The van der Waals surface area contributed by atoms with Crippen LogP contribution in [-0.4, -0.2) is 58.4 Å². The summed E-state index contributed by atoms with van der Waals surface area (Å²) in [6, 6.07) is 0. The van der Waals surface area contributed by atoms with E-state index in [4.69, 9.17) is 9.47 Å². The van der Waals surface area contributed by atoms with Crippen LogP contribution in [0.3, 0.4) is 0 Å². The first kappa shape index (κ1) is 18.3. The van der Waals surface area contributed by atoms with Gasteiger partial charge in [-0.05, 0) is 6.92 Å². The molecule has 6 nitrogen and oxygen atoms in total. The fourth-order valence-electron chi connectivity index (χ4n) is 2.08. The number of aliphatic hydroxyl groups excluding tert-OH is 1. The van der Waals surface area contributed by atoms with Gasteiger partial charge in [-0.25, -0.2) is 13.1 Å². The highest BCUT2D eigenvalue weighted by atomic mass is 32.2. The van der Waals surface area contributed by atoms with Crippen LogP contribution in [0.5, 0.6) is 0 Å². The summed E-state index contributed by atoms with van der Waals surface area (Å²) < 4.78 is 36.4. The van der Waals surface area contributed by atoms with Crippen molar-refractivity contribution >= 4 is 10.0 Å². The first-order valence-corrected chi connectivity index (χ1v) is 8.61. The number of aliphatic hydroxyl groups is 1. The molecule has 0 unspecified atom stereocenters. The predicted molar refractivity (Wildman–Crippen MR) is 81.5 cm³/mol. The van der Waals surface area contributed by atoms with Crippen LogP contribution in [0.4, 0.5) is 0 Å². The Balaban J connectivity index is 2.87. The summed E-state index contributed by atoms with van der Waals surface area (Å²) in [5.74, 6) is -0.164. The minimum Gasteiger partial charge on any atom is -0.389 e. The maximum Gasteiger partial charge on any atom is 0.214 e. The largest absolute Gasteiger partial charge is 0.389 e. The fraction of sp³-hybridized carbons (Fsp3) is 0.714. The van der Waals surface area contributed by atoms with Gasteiger partial charge in [-0.3, -0.25) is 0 Å². The van der Waals surface area contributed by atoms with Gasteiger partial charge in [0, 0.05) is 19.6 Å². The number of sulfonamides is 1. The van der Waals surface area contributed by atoms with E-state index in [0.29, 0.717) is 6.61 Å². The molecule has 0 aromatic heterocycles. The highest BCUT2D eigenvalue weighted by Crippen LogP contribution is 2.15. The summed E-state index contributed by atoms with van der Waals surface area (Å²) in [6.07, 6.45) is 4.04. The summed E-state index contributed by atoms with van der Waals surface area (Å²) in [4.78, 5) is 0. The number of ether oxygens (including phenoxy) is 2. The summed E-state index contributed by atoms with van der Waals surface area (Å²) in [6.45, 7) is 4.45. The number of rotatable bonds is 1. The van der Waals surface area contributed by atoms with Crippen molar-refractivity contribution in [2.75, 3.05) is 32.6 Å². The first-order chi connectivity index (χ1) is 9.85. The average Bonchev–Trinajstić information content (AvgIpc) is 2.42. The Hall–Kier alpha value is -0.730. The van der Waals surface area contributed by atoms with Gasteiger partial charge < -0.3 is 14.6 Å². The number of nitrogens with one attached hydrogen (secondary N) is 1. The molecule has 1 aliphatic rings. The van der Waals surface area contributed by atoms with Gasteiger partial charge in [0.25, 0.3) is 0 Å². The van der Waals surface area contributed by atoms with Gasteiger partial charge in [0.15, 0.2) is 0 Å². The number of hydrogen-bond acceptors (Lipinski definition) is 5. The van der Waals surface area contributed by atoms with E-state index in [1.54, 1.807) is 12.2 Å². The third-order valence-corrected chi connectivity index (χ3v) is 4.58. The van der Waals surface area contributed by atoms with Crippen LogP contribution in [-0.2, 0) is 19.5 Å². The molecule has 3 atom stereocenters. The van der Waals surface area contributed by atoms with E-state index in [9.17, 15) is 13.5 Å². The second-order valence-corrected chi connectivity index (χ2v) is 7.14. The van der Waals surface area contributed by atoms with Gasteiger partial charge in [0.05, 0.1) is 25.1 Å². The van der Waals surface area contributed by atoms with Crippen LogP contribution in [0.15, 0.2) is 23.8 Å². The smallest absolute Gasteiger partial charge is 0.214 e. The van der Waals surface area contributed by atoms with Crippen molar-refractivity contribution in [3.63, 3.8) is 0 Å². The van der Waals surface area contributed by atoms with Gasteiger partial charge in [-0.1, -0.05) is 30.7 Å². The van der Waals surface area contributed by atoms with Crippen molar-refractivity contribution in [1.82, 2.24) is 4.72 Å². The van der Waals surface area contributed by atoms with Gasteiger partial charge in [0.2, 0.25) is 10.0 Å². The van der Waals surface area contributed by atoms with E-state index in [1.165, 1.54) is 7.11 Å². The van der Waals surface area contributed by atoms with E-state index in [2.05, 4.69) is 4.72 Å². The van der Waals surface area contributed by atoms with Crippen LogP contribution >= 0.6 is 0 Å². The zero-order valence-electron chi connectivity index (χ0n) is 12.8. The third kappa shape index (κ3) is 6.71. The molecule has 1 aliphatic heterocycles. The molecule has 0 radical (unpaired) electrons. The van der Waals surface area contributed by atoms with Crippen LogP contribution in [0, 0.1) is 5.92 Å². The Morgan fingerprint density at radius 2 is 2.19 bits per heavy atom. The van der Waals surface area contributed by atoms with E-state index in [0.717, 1.165) is 5.57 Å². The summed E-state index contributed by atoms with van der Waals surface area (Å²) >= 11 is 0. The molecule has 0 amide bonds. The van der Waals surface area contributed by atoms with Crippen LogP contribution in [0.2, 0.25) is 0 Å². The summed E-state index contributed by atoms with van der Waals surface area (Å²) in [5, 5.41) is 10.3. The van der Waals surface area contributed by atoms with Crippen LogP contribution < -0.4 is 4.72 Å². The predicted octanol–water partition coefficient (Wildman–Crippen LogP) is 0.451. The van der Waals surface area contributed by atoms with E-state index >= 15 is 0 Å². The zero-order chi connectivity index (χ0) is 15.9. The average molecular weight is 319 g/mol. The molecule has 21 heavy (non-hydrogen) atoms.